The smallest absolute Gasteiger partial charge is 0.223 e. The monoisotopic (exact) mass is 474 g/mol. The predicted octanol–water partition coefficient (Wildman–Crippen LogP) is 4.38. The Kier molecular flexibility index (Phi) is 7.44. The van der Waals surface area contributed by atoms with Crippen molar-refractivity contribution >= 4 is 34.0 Å². The second kappa shape index (κ2) is 10.5. The third-order valence-corrected chi connectivity index (χ3v) is 6.97. The first kappa shape index (κ1) is 22.8. The molecule has 1 saturated heterocycles. The Bertz CT molecular complexity index is 1020. The fourth-order valence-electron chi connectivity index (χ4n) is 4.22. The Morgan fingerprint density at radius 3 is 2.78 bits per heavy atom. The number of hydrogen-bond acceptors (Lipinski definition) is 7. The molecule has 0 radical (unpaired) electrons. The summed E-state index contributed by atoms with van der Waals surface area (Å²) in [7, 11) is 1.69. The van der Waals surface area contributed by atoms with Crippen LogP contribution in [0.4, 0.5) is 5.13 Å². The van der Waals surface area contributed by atoms with Crippen molar-refractivity contribution in [2.45, 2.75) is 31.1 Å². The zero-order valence-electron chi connectivity index (χ0n) is 18.1. The molecule has 170 valence electrons. The van der Waals surface area contributed by atoms with Gasteiger partial charge in [0.15, 0.2) is 10.3 Å². The maximum atomic E-state index is 12.8. The molecule has 3 aromatic rings. The molecule has 2 aromatic heterocycles. The molecule has 0 unspecified atom stereocenters. The summed E-state index contributed by atoms with van der Waals surface area (Å²) >= 11 is 7.41. The van der Waals surface area contributed by atoms with Gasteiger partial charge in [-0.3, -0.25) is 4.79 Å². The summed E-state index contributed by atoms with van der Waals surface area (Å²) in [5, 5.41) is 10.4. The normalized spacial score (nSPS) is 15.6. The molecule has 1 aliphatic heterocycles. The molecule has 1 aromatic carbocycles. The van der Waals surface area contributed by atoms with Crippen molar-refractivity contribution in [3.8, 4) is 0 Å². The van der Waals surface area contributed by atoms with Gasteiger partial charge in [-0.05, 0) is 18.4 Å². The molecule has 1 amide bonds. The van der Waals surface area contributed by atoms with E-state index in [2.05, 4.69) is 40.1 Å². The number of benzene rings is 1. The van der Waals surface area contributed by atoms with E-state index in [1.54, 1.807) is 24.5 Å². The standard InChI is InChI=1S/C23H27ClN4O3S/c1-30-14-11-25-22-26-19(16-32-22)23(17-5-3-2-4-6-17)9-12-28(13-10-23)21(29)8-7-18-15-20(24)27-31-18/h2-6,15-16H,7-14H2,1H3,(H,25,26). The molecule has 1 N–H and O–H groups in total. The zero-order valence-corrected chi connectivity index (χ0v) is 19.6. The lowest BCUT2D eigenvalue weighted by molar-refractivity contribution is -0.132. The number of amides is 1. The number of nitrogens with one attached hydrogen (secondary N) is 1. The molecule has 0 saturated carbocycles. The number of methoxy groups -OCH3 is 1. The lowest BCUT2D eigenvalue weighted by Gasteiger charge is -2.41. The largest absolute Gasteiger partial charge is 0.383 e. The molecule has 4 rings (SSSR count). The number of nitrogens with zero attached hydrogens (tertiary/aromatic N) is 3. The molecular formula is C23H27ClN4O3S. The number of aryl methyl sites for hydroxylation is 1. The van der Waals surface area contributed by atoms with Crippen LogP contribution in [0.25, 0.3) is 0 Å². The van der Waals surface area contributed by atoms with Gasteiger partial charge in [0.1, 0.15) is 5.76 Å². The second-order valence-corrected chi connectivity index (χ2v) is 9.15. The molecule has 7 nitrogen and oxygen atoms in total. The van der Waals surface area contributed by atoms with E-state index >= 15 is 0 Å². The van der Waals surface area contributed by atoms with Gasteiger partial charge in [-0.15, -0.1) is 11.3 Å². The molecule has 0 aliphatic carbocycles. The van der Waals surface area contributed by atoms with E-state index < -0.39 is 0 Å². The first-order valence-electron chi connectivity index (χ1n) is 10.7. The molecule has 3 heterocycles. The van der Waals surface area contributed by atoms with Crippen LogP contribution in [0.15, 0.2) is 46.3 Å². The SMILES string of the molecule is COCCNc1nc(C2(c3ccccc3)CCN(C(=O)CCc3cc(Cl)no3)CC2)cs1. The highest BCUT2D eigenvalue weighted by Crippen LogP contribution is 2.42. The van der Waals surface area contributed by atoms with Gasteiger partial charge in [0, 0.05) is 56.4 Å². The van der Waals surface area contributed by atoms with E-state index in [4.69, 9.17) is 25.8 Å². The highest BCUT2D eigenvalue weighted by Gasteiger charge is 2.40. The number of aromatic nitrogens is 2. The third kappa shape index (κ3) is 5.14. The number of ether oxygens (including phenoxy) is 1. The van der Waals surface area contributed by atoms with E-state index in [1.807, 2.05) is 11.0 Å². The topological polar surface area (TPSA) is 80.5 Å². The van der Waals surface area contributed by atoms with Gasteiger partial charge in [0.2, 0.25) is 5.91 Å². The second-order valence-electron chi connectivity index (χ2n) is 7.90. The van der Waals surface area contributed by atoms with Gasteiger partial charge in [-0.25, -0.2) is 4.98 Å². The minimum Gasteiger partial charge on any atom is -0.383 e. The number of thiazole rings is 1. The third-order valence-electron chi connectivity index (χ3n) is 5.99. The first-order chi connectivity index (χ1) is 15.6. The van der Waals surface area contributed by atoms with Gasteiger partial charge in [-0.2, -0.15) is 0 Å². The molecule has 0 bridgehead atoms. The first-order valence-corrected chi connectivity index (χ1v) is 12.0. The number of likely N-dealkylation sites (tertiary alicyclic amines) is 1. The number of halogens is 1. The maximum Gasteiger partial charge on any atom is 0.223 e. The van der Waals surface area contributed by atoms with Crippen LogP contribution in [-0.4, -0.2) is 54.3 Å². The number of carbonyl (C=O) groups is 1. The average molecular weight is 475 g/mol. The van der Waals surface area contributed by atoms with E-state index in [9.17, 15) is 4.79 Å². The molecule has 9 heteroatoms. The Labute approximate surface area is 196 Å². The van der Waals surface area contributed by atoms with Crippen LogP contribution in [-0.2, 0) is 21.4 Å². The van der Waals surface area contributed by atoms with Gasteiger partial charge in [0.25, 0.3) is 0 Å². The van der Waals surface area contributed by atoms with Crippen molar-refractivity contribution in [2.24, 2.45) is 0 Å². The lowest BCUT2D eigenvalue weighted by Crippen LogP contribution is -2.46. The van der Waals surface area contributed by atoms with Gasteiger partial charge >= 0.3 is 0 Å². The average Bonchev–Trinajstić information content (AvgIpc) is 3.47. The van der Waals surface area contributed by atoms with Crippen LogP contribution in [0.2, 0.25) is 5.15 Å². The van der Waals surface area contributed by atoms with Crippen LogP contribution in [0, 0.1) is 0 Å². The van der Waals surface area contributed by atoms with Crippen molar-refractivity contribution in [2.75, 3.05) is 38.7 Å². The van der Waals surface area contributed by atoms with E-state index in [0.717, 1.165) is 30.2 Å². The van der Waals surface area contributed by atoms with Crippen LogP contribution in [0.3, 0.4) is 0 Å². The van der Waals surface area contributed by atoms with E-state index in [-0.39, 0.29) is 11.3 Å². The van der Waals surface area contributed by atoms with Crippen LogP contribution < -0.4 is 5.32 Å². The zero-order chi connectivity index (χ0) is 22.4. The van der Waals surface area contributed by atoms with Gasteiger partial charge in [-0.1, -0.05) is 47.1 Å². The molecule has 1 aliphatic rings. The summed E-state index contributed by atoms with van der Waals surface area (Å²) in [5.41, 5.74) is 2.11. The minimum atomic E-state index is -0.200. The summed E-state index contributed by atoms with van der Waals surface area (Å²) in [5.74, 6) is 0.759. The maximum absolute atomic E-state index is 12.8. The number of hydrogen-bond donors (Lipinski definition) is 1. The van der Waals surface area contributed by atoms with Crippen molar-refractivity contribution in [1.82, 2.24) is 15.0 Å². The van der Waals surface area contributed by atoms with Crippen molar-refractivity contribution in [1.29, 1.82) is 0 Å². The Hall–Kier alpha value is -2.42. The molecular weight excluding hydrogens is 448 g/mol. The molecule has 32 heavy (non-hydrogen) atoms. The Morgan fingerprint density at radius 1 is 1.31 bits per heavy atom. The van der Waals surface area contributed by atoms with E-state index in [0.29, 0.717) is 43.5 Å². The van der Waals surface area contributed by atoms with Gasteiger partial charge in [0.05, 0.1) is 12.3 Å². The van der Waals surface area contributed by atoms with Crippen molar-refractivity contribution < 1.29 is 14.1 Å². The quantitative estimate of drug-likeness (QED) is 0.463. The summed E-state index contributed by atoms with van der Waals surface area (Å²) in [6.45, 7) is 2.74. The van der Waals surface area contributed by atoms with Crippen LogP contribution in [0.5, 0.6) is 0 Å². The van der Waals surface area contributed by atoms with E-state index in [1.165, 1.54) is 5.56 Å². The van der Waals surface area contributed by atoms with Crippen LogP contribution in [0.1, 0.15) is 36.3 Å². The minimum absolute atomic E-state index is 0.124. The number of anilines is 1. The highest BCUT2D eigenvalue weighted by molar-refractivity contribution is 7.13. The Balaban J connectivity index is 1.45. The highest BCUT2D eigenvalue weighted by atomic mass is 35.5. The lowest BCUT2D eigenvalue weighted by atomic mass is 9.70. The summed E-state index contributed by atoms with van der Waals surface area (Å²) in [6, 6.07) is 12.2. The van der Waals surface area contributed by atoms with Crippen LogP contribution >= 0.6 is 22.9 Å². The fourth-order valence-corrected chi connectivity index (χ4v) is 5.21. The fraction of sp³-hybridized carbons (Fsp3) is 0.435. The molecule has 1 fully saturated rings. The van der Waals surface area contributed by atoms with Crippen molar-refractivity contribution in [3.63, 3.8) is 0 Å². The number of rotatable bonds is 9. The predicted molar refractivity (Wildman–Crippen MR) is 125 cm³/mol. The Morgan fingerprint density at radius 2 is 2.09 bits per heavy atom. The summed E-state index contributed by atoms with van der Waals surface area (Å²) in [4.78, 5) is 19.7. The van der Waals surface area contributed by atoms with Gasteiger partial charge < -0.3 is 19.5 Å². The number of carbonyl (C=O) groups excluding carboxylic acids is 1. The molecule has 0 spiro atoms. The molecule has 0 atom stereocenters. The number of piperidine rings is 1. The van der Waals surface area contributed by atoms with Crippen molar-refractivity contribution in [3.05, 3.63) is 63.9 Å². The summed E-state index contributed by atoms with van der Waals surface area (Å²) in [6.07, 6.45) is 2.55. The summed E-state index contributed by atoms with van der Waals surface area (Å²) < 4.78 is 10.2.